The first-order chi connectivity index (χ1) is 25.0. The first-order valence-corrected chi connectivity index (χ1v) is 23.9. The van der Waals surface area contributed by atoms with Gasteiger partial charge in [0.2, 0.25) is 0 Å². The minimum absolute atomic E-state index is 0. The number of hydrogen-bond donors (Lipinski definition) is 1. The van der Waals surface area contributed by atoms with Crippen molar-refractivity contribution in [2.45, 2.75) is 109 Å². The minimum Gasteiger partial charge on any atom is -0.512 e. The number of rotatable bonds is 10. The predicted molar refractivity (Wildman–Crippen MR) is 234 cm³/mol. The van der Waals surface area contributed by atoms with Crippen LogP contribution in [0.4, 0.5) is 0 Å². The van der Waals surface area contributed by atoms with Gasteiger partial charge in [-0.2, -0.15) is 5.26 Å². The summed E-state index contributed by atoms with van der Waals surface area (Å²) in [4.78, 5) is 22.1. The third-order valence-electron chi connectivity index (χ3n) is 10.2. The number of aromatic nitrogens is 2. The molecule has 0 saturated heterocycles. The van der Waals surface area contributed by atoms with Gasteiger partial charge in [0, 0.05) is 75.8 Å². The van der Waals surface area contributed by atoms with E-state index in [1.807, 2.05) is 6.92 Å². The summed E-state index contributed by atoms with van der Waals surface area (Å²) in [6, 6.07) is 19.1. The van der Waals surface area contributed by atoms with Crippen LogP contribution in [0.1, 0.15) is 93.0 Å². The van der Waals surface area contributed by atoms with Crippen molar-refractivity contribution in [1.29, 1.82) is 5.26 Å². The third-order valence-corrected chi connectivity index (χ3v) is 13.3. The molecule has 0 amide bonds. The molecular formula is C47H62IrN3O2SSi-. The van der Waals surface area contributed by atoms with E-state index in [0.29, 0.717) is 29.2 Å². The summed E-state index contributed by atoms with van der Waals surface area (Å²) in [5.74, 6) is 1.63. The number of allylic oxidation sites excluding steroid dienone is 2. The van der Waals surface area contributed by atoms with E-state index in [2.05, 4.69) is 144 Å². The number of aliphatic hydroxyl groups excluding tert-OH is 1. The molecule has 1 N–H and O–H groups in total. The van der Waals surface area contributed by atoms with E-state index in [1.54, 1.807) is 17.5 Å². The fourth-order valence-electron chi connectivity index (χ4n) is 8.00. The second-order valence-electron chi connectivity index (χ2n) is 18.7. The number of aryl methyl sites for hydroxylation is 1. The molecule has 3 aromatic heterocycles. The zero-order valence-corrected chi connectivity index (χ0v) is 39.9. The van der Waals surface area contributed by atoms with E-state index >= 15 is 0 Å². The van der Waals surface area contributed by atoms with Crippen LogP contribution in [0.15, 0.2) is 54.4 Å². The molecule has 5 rings (SSSR count). The molecule has 0 saturated carbocycles. The molecule has 0 aliphatic carbocycles. The van der Waals surface area contributed by atoms with Gasteiger partial charge in [0.25, 0.3) is 0 Å². The second-order valence-corrected chi connectivity index (χ2v) is 24.8. The monoisotopic (exact) mass is 953 g/mol. The van der Waals surface area contributed by atoms with Gasteiger partial charge in [0.05, 0.1) is 19.4 Å². The Morgan fingerprint density at radius 3 is 2.07 bits per heavy atom. The van der Waals surface area contributed by atoms with Crippen molar-refractivity contribution in [2.75, 3.05) is 0 Å². The number of nitrogens with zero attached hydrogens (tertiary/aromatic N) is 3. The van der Waals surface area contributed by atoms with Gasteiger partial charge in [0.1, 0.15) is 6.07 Å². The Morgan fingerprint density at radius 1 is 0.945 bits per heavy atom. The number of fused-ring (bicyclic) bond motifs is 4. The van der Waals surface area contributed by atoms with Crippen LogP contribution in [0.5, 0.6) is 0 Å². The maximum Gasteiger partial charge on any atom is 0.162 e. The number of benzene rings is 2. The van der Waals surface area contributed by atoms with Crippen LogP contribution in [0.25, 0.3) is 42.3 Å². The number of pyridine rings is 2. The minimum atomic E-state index is -1.69. The third kappa shape index (κ3) is 11.0. The van der Waals surface area contributed by atoms with Crippen LogP contribution >= 0.6 is 11.3 Å². The molecule has 5 aromatic rings. The molecule has 0 spiro atoms. The zero-order chi connectivity index (χ0) is 40.4. The number of carbonyl (C=O) groups excluding carboxylic acids is 1. The molecule has 3 heterocycles. The van der Waals surface area contributed by atoms with Crippen LogP contribution in [-0.4, -0.2) is 28.9 Å². The van der Waals surface area contributed by atoms with Gasteiger partial charge in [-0.3, -0.25) is 14.8 Å². The van der Waals surface area contributed by atoms with Crippen LogP contribution < -0.4 is 5.19 Å². The quantitative estimate of drug-likeness (QED) is 0.0652. The largest absolute Gasteiger partial charge is 0.512 e. The van der Waals surface area contributed by atoms with Gasteiger partial charge in [-0.05, 0) is 59.6 Å². The van der Waals surface area contributed by atoms with Gasteiger partial charge < -0.3 is 5.11 Å². The van der Waals surface area contributed by atoms with E-state index in [-0.39, 0.29) is 48.9 Å². The summed E-state index contributed by atoms with van der Waals surface area (Å²) < 4.78 is 2.26. The maximum absolute atomic E-state index is 12.3. The van der Waals surface area contributed by atoms with Crippen molar-refractivity contribution in [2.24, 2.45) is 40.9 Å². The standard InChI is InChI=1S/C30H30N3SSi.C17H32O2.Ir/c1-18-8-10-20-13-21(14-25(27(20)33-18)35(5,6)7)28-29-26(22(16-31)17-32-28)23-11-9-19(12-24(23)34-29)15-30(2,3)4;1-10(2)16(11(3)4)14(18)9-15(19)17(12(5)6)13(7)8;/h8-12,14,17H,15H2,1-7H3;9-13,16-18H,1-8H3;/q-1;;/b;14-9-;. The van der Waals surface area contributed by atoms with Crippen molar-refractivity contribution in [3.05, 3.63) is 77.3 Å². The second kappa shape index (κ2) is 18.4. The zero-order valence-electron chi connectivity index (χ0n) is 35.7. The van der Waals surface area contributed by atoms with Crippen molar-refractivity contribution in [3.8, 4) is 17.3 Å². The van der Waals surface area contributed by atoms with E-state index < -0.39 is 8.07 Å². The molecule has 8 heteroatoms. The first-order valence-electron chi connectivity index (χ1n) is 19.6. The molecule has 0 atom stereocenters. The first kappa shape index (κ1) is 46.2. The Morgan fingerprint density at radius 2 is 1.55 bits per heavy atom. The molecule has 2 aromatic carbocycles. The molecule has 5 nitrogen and oxygen atoms in total. The molecule has 0 fully saturated rings. The maximum atomic E-state index is 12.3. The van der Waals surface area contributed by atoms with Crippen molar-refractivity contribution in [3.63, 3.8) is 0 Å². The van der Waals surface area contributed by atoms with Crippen LogP contribution in [0.3, 0.4) is 0 Å². The Labute approximate surface area is 349 Å². The number of aliphatic hydroxyl groups is 1. The molecule has 0 unspecified atom stereocenters. The SMILES string of the molecule is CC(C)C(C(=O)/C=C(\O)C(C(C)C)C(C)C)C(C)C.Cc1ccc2[c-]c(-c3ncc(C#N)c4c3sc3cc(CC(C)(C)C)ccc34)cc([Si](C)(C)C)c2n1.[Ir]. The molecule has 55 heavy (non-hydrogen) atoms. The Bertz CT molecular complexity index is 2200. The number of ketones is 1. The number of thiophene rings is 1. The molecule has 0 aliphatic heterocycles. The number of hydrogen-bond acceptors (Lipinski definition) is 6. The van der Waals surface area contributed by atoms with Gasteiger partial charge in [-0.15, -0.1) is 29.5 Å². The summed E-state index contributed by atoms with van der Waals surface area (Å²) in [5.41, 5.74) is 6.13. The smallest absolute Gasteiger partial charge is 0.162 e. The van der Waals surface area contributed by atoms with E-state index in [1.165, 1.54) is 21.5 Å². The summed E-state index contributed by atoms with van der Waals surface area (Å²) in [6.07, 6.45) is 4.22. The Balaban J connectivity index is 0.000000349. The van der Waals surface area contributed by atoms with Crippen LogP contribution in [-0.2, 0) is 31.3 Å². The molecule has 0 bridgehead atoms. The van der Waals surface area contributed by atoms with E-state index in [0.717, 1.165) is 49.7 Å². The topological polar surface area (TPSA) is 86.9 Å². The van der Waals surface area contributed by atoms with E-state index in [4.69, 9.17) is 9.97 Å². The average molecular weight is 953 g/mol. The molecule has 1 radical (unpaired) electrons. The molecule has 297 valence electrons. The van der Waals surface area contributed by atoms with Crippen molar-refractivity contribution in [1.82, 2.24) is 9.97 Å². The normalized spacial score (nSPS) is 12.7. The van der Waals surface area contributed by atoms with Gasteiger partial charge in [-0.25, -0.2) is 0 Å². The molecular weight excluding hydrogens is 891 g/mol. The molecule has 0 aliphatic rings. The number of carbonyl (C=O) groups is 1. The van der Waals surface area contributed by atoms with Gasteiger partial charge in [-0.1, -0.05) is 130 Å². The van der Waals surface area contributed by atoms with Crippen molar-refractivity contribution >= 4 is 61.5 Å². The summed E-state index contributed by atoms with van der Waals surface area (Å²) in [6.45, 7) is 32.5. The van der Waals surface area contributed by atoms with Crippen LogP contribution in [0, 0.1) is 65.2 Å². The van der Waals surface area contributed by atoms with Crippen molar-refractivity contribution < 1.29 is 30.0 Å². The van der Waals surface area contributed by atoms with Gasteiger partial charge >= 0.3 is 0 Å². The van der Waals surface area contributed by atoms with Crippen LogP contribution in [0.2, 0.25) is 19.6 Å². The Kier molecular flexibility index (Phi) is 15.4. The Hall–Kier alpha value is -3.21. The van der Waals surface area contributed by atoms with E-state index in [9.17, 15) is 15.2 Å². The average Bonchev–Trinajstić information content (AvgIpc) is 3.41. The fourth-order valence-corrected chi connectivity index (χ4v) is 10.8. The summed E-state index contributed by atoms with van der Waals surface area (Å²) in [5, 5.41) is 24.7. The van der Waals surface area contributed by atoms with Gasteiger partial charge in [0.15, 0.2) is 5.78 Å². The summed E-state index contributed by atoms with van der Waals surface area (Å²) in [7, 11) is -1.69. The summed E-state index contributed by atoms with van der Waals surface area (Å²) >= 11 is 1.74. The fraction of sp³-hybridized carbons (Fsp3) is 0.489. The number of nitriles is 1. The predicted octanol–water partition coefficient (Wildman–Crippen LogP) is 12.6.